The summed E-state index contributed by atoms with van der Waals surface area (Å²) in [5.74, 6) is -3.32. The molecule has 1 fully saturated rings. The Labute approximate surface area is 158 Å². The summed E-state index contributed by atoms with van der Waals surface area (Å²) in [4.78, 5) is 19.2. The zero-order chi connectivity index (χ0) is 19.3. The van der Waals surface area contributed by atoms with E-state index in [-0.39, 0.29) is 11.6 Å². The minimum Gasteiger partial charge on any atom is -0.369 e. The topological polar surface area (TPSA) is 86.7 Å². The first-order chi connectivity index (χ1) is 12.7. The second-order valence-corrected chi connectivity index (χ2v) is 7.22. The van der Waals surface area contributed by atoms with Crippen LogP contribution in [0.5, 0.6) is 0 Å². The summed E-state index contributed by atoms with van der Waals surface area (Å²) in [5.41, 5.74) is 7.21. The number of carbonyl (C=O) groups is 1. The van der Waals surface area contributed by atoms with Crippen molar-refractivity contribution in [3.05, 3.63) is 46.6 Å². The Bertz CT molecular complexity index is 1060. The first-order valence-corrected chi connectivity index (χ1v) is 8.82. The van der Waals surface area contributed by atoms with Crippen LogP contribution in [0, 0.1) is 0 Å². The molecule has 27 heavy (non-hydrogen) atoms. The van der Waals surface area contributed by atoms with Crippen LogP contribution in [0.3, 0.4) is 0 Å². The SMILES string of the molecule is CC(F)(F)c1cc(-n2nc(C3CC3)c3cnc(CC(N)=O)cc32)cc(Cl)n1. The second kappa shape index (κ2) is 6.23. The van der Waals surface area contributed by atoms with Crippen LogP contribution in [0.25, 0.3) is 16.6 Å². The number of fused-ring (bicyclic) bond motifs is 1. The van der Waals surface area contributed by atoms with Gasteiger partial charge >= 0.3 is 0 Å². The Balaban J connectivity index is 1.93. The summed E-state index contributed by atoms with van der Waals surface area (Å²) >= 11 is 5.98. The number of nitrogens with two attached hydrogens (primary N) is 1. The lowest BCUT2D eigenvalue weighted by molar-refractivity contribution is -0.117. The van der Waals surface area contributed by atoms with Crippen molar-refractivity contribution in [3.8, 4) is 5.69 Å². The van der Waals surface area contributed by atoms with Crippen molar-refractivity contribution >= 4 is 28.4 Å². The molecule has 0 radical (unpaired) electrons. The summed E-state index contributed by atoms with van der Waals surface area (Å²) in [7, 11) is 0. The molecule has 0 spiro atoms. The summed E-state index contributed by atoms with van der Waals surface area (Å²) in [6.45, 7) is 0.765. The van der Waals surface area contributed by atoms with E-state index in [1.54, 1.807) is 16.9 Å². The predicted molar refractivity (Wildman–Crippen MR) is 96.1 cm³/mol. The summed E-state index contributed by atoms with van der Waals surface area (Å²) in [5, 5.41) is 5.41. The van der Waals surface area contributed by atoms with Crippen molar-refractivity contribution in [2.45, 2.75) is 38.0 Å². The van der Waals surface area contributed by atoms with Crippen LogP contribution in [-0.2, 0) is 17.1 Å². The van der Waals surface area contributed by atoms with Gasteiger partial charge in [0.2, 0.25) is 5.91 Å². The van der Waals surface area contributed by atoms with Crippen molar-refractivity contribution < 1.29 is 13.6 Å². The Morgan fingerprint density at radius 1 is 1.37 bits per heavy atom. The number of aromatic nitrogens is 4. The minimum atomic E-state index is -3.14. The highest BCUT2D eigenvalue weighted by Gasteiger charge is 2.31. The Morgan fingerprint density at radius 2 is 2.11 bits per heavy atom. The lowest BCUT2D eigenvalue weighted by Gasteiger charge is -2.12. The van der Waals surface area contributed by atoms with Crippen molar-refractivity contribution in [1.29, 1.82) is 0 Å². The predicted octanol–water partition coefficient (Wildman–Crippen LogP) is 3.49. The van der Waals surface area contributed by atoms with E-state index in [2.05, 4.69) is 15.1 Å². The largest absolute Gasteiger partial charge is 0.369 e. The van der Waals surface area contributed by atoms with Crippen LogP contribution in [0.4, 0.5) is 8.78 Å². The zero-order valence-corrected chi connectivity index (χ0v) is 15.2. The molecule has 0 atom stereocenters. The van der Waals surface area contributed by atoms with Crippen molar-refractivity contribution in [2.75, 3.05) is 0 Å². The molecular weight excluding hydrogens is 376 g/mol. The van der Waals surface area contributed by atoms with Gasteiger partial charge in [-0.05, 0) is 25.0 Å². The molecule has 0 saturated heterocycles. The fraction of sp³-hybridized carbons (Fsp3) is 0.333. The standard InChI is InChI=1S/C18H16ClF2N5O/c1-18(20,21)14-6-11(7-15(19)24-14)26-13-4-10(5-16(22)27)23-8-12(13)17(25-26)9-2-3-9/h4,6-9H,2-3,5H2,1H3,(H2,22,27). The van der Waals surface area contributed by atoms with E-state index in [1.165, 1.54) is 12.1 Å². The minimum absolute atomic E-state index is 0.0186. The maximum absolute atomic E-state index is 13.8. The third kappa shape index (κ3) is 3.49. The highest BCUT2D eigenvalue weighted by molar-refractivity contribution is 6.29. The van der Waals surface area contributed by atoms with Gasteiger partial charge in [-0.1, -0.05) is 11.6 Å². The van der Waals surface area contributed by atoms with Crippen LogP contribution >= 0.6 is 11.6 Å². The molecule has 1 aliphatic carbocycles. The summed E-state index contributed by atoms with van der Waals surface area (Å²) in [6.07, 6.45) is 3.67. The second-order valence-electron chi connectivity index (χ2n) is 6.83. The third-order valence-electron chi connectivity index (χ3n) is 4.44. The third-order valence-corrected chi connectivity index (χ3v) is 4.64. The van der Waals surface area contributed by atoms with Crippen molar-refractivity contribution in [1.82, 2.24) is 19.7 Å². The first kappa shape index (κ1) is 17.8. The summed E-state index contributed by atoms with van der Waals surface area (Å²) < 4.78 is 29.1. The van der Waals surface area contributed by atoms with Gasteiger partial charge in [0.1, 0.15) is 10.8 Å². The van der Waals surface area contributed by atoms with Crippen LogP contribution < -0.4 is 5.73 Å². The van der Waals surface area contributed by atoms with Gasteiger partial charge in [0.15, 0.2) is 0 Å². The van der Waals surface area contributed by atoms with Gasteiger partial charge in [-0.2, -0.15) is 13.9 Å². The first-order valence-electron chi connectivity index (χ1n) is 8.44. The van der Waals surface area contributed by atoms with Gasteiger partial charge in [-0.3, -0.25) is 9.78 Å². The molecule has 0 bridgehead atoms. The lowest BCUT2D eigenvalue weighted by Crippen LogP contribution is -2.14. The Morgan fingerprint density at radius 3 is 2.74 bits per heavy atom. The van der Waals surface area contributed by atoms with Gasteiger partial charge in [0.25, 0.3) is 5.92 Å². The Hall–Kier alpha value is -2.61. The number of amides is 1. The number of rotatable bonds is 5. The smallest absolute Gasteiger partial charge is 0.287 e. The molecule has 0 unspecified atom stereocenters. The van der Waals surface area contributed by atoms with Crippen LogP contribution in [0.15, 0.2) is 24.4 Å². The van der Waals surface area contributed by atoms with Crippen LogP contribution in [-0.4, -0.2) is 25.7 Å². The molecular formula is C18H16ClF2N5O. The number of nitrogens with zero attached hydrogens (tertiary/aromatic N) is 4. The molecule has 1 saturated carbocycles. The quantitative estimate of drug-likeness (QED) is 0.674. The van der Waals surface area contributed by atoms with Gasteiger partial charge in [-0.25, -0.2) is 9.67 Å². The fourth-order valence-electron chi connectivity index (χ4n) is 3.04. The monoisotopic (exact) mass is 391 g/mol. The van der Waals surface area contributed by atoms with Gasteiger partial charge in [0.05, 0.1) is 29.0 Å². The molecule has 6 nitrogen and oxygen atoms in total. The van der Waals surface area contributed by atoms with E-state index in [9.17, 15) is 13.6 Å². The van der Waals surface area contributed by atoms with Gasteiger partial charge < -0.3 is 5.73 Å². The van der Waals surface area contributed by atoms with Crippen molar-refractivity contribution in [2.24, 2.45) is 5.73 Å². The average Bonchev–Trinajstić information content (AvgIpc) is 3.34. The highest BCUT2D eigenvalue weighted by Crippen LogP contribution is 2.43. The average molecular weight is 392 g/mol. The molecule has 3 aromatic heterocycles. The molecule has 2 N–H and O–H groups in total. The molecule has 3 aromatic rings. The number of hydrogen-bond donors (Lipinski definition) is 1. The van der Waals surface area contributed by atoms with Crippen LogP contribution in [0.2, 0.25) is 5.15 Å². The maximum Gasteiger partial charge on any atom is 0.287 e. The normalized spacial score (nSPS) is 14.7. The zero-order valence-electron chi connectivity index (χ0n) is 14.4. The number of carbonyl (C=O) groups excluding carboxylic acids is 1. The highest BCUT2D eigenvalue weighted by atomic mass is 35.5. The lowest BCUT2D eigenvalue weighted by atomic mass is 10.1. The molecule has 1 amide bonds. The molecule has 0 aliphatic heterocycles. The van der Waals surface area contributed by atoms with E-state index < -0.39 is 17.5 Å². The van der Waals surface area contributed by atoms with E-state index in [0.29, 0.717) is 22.8 Å². The van der Waals surface area contributed by atoms with E-state index in [0.717, 1.165) is 30.8 Å². The molecule has 3 heterocycles. The molecule has 9 heteroatoms. The molecule has 1 aliphatic rings. The van der Waals surface area contributed by atoms with Gasteiger partial charge in [0, 0.05) is 30.5 Å². The number of halogens is 3. The fourth-order valence-corrected chi connectivity index (χ4v) is 3.24. The van der Waals surface area contributed by atoms with E-state index in [4.69, 9.17) is 17.3 Å². The van der Waals surface area contributed by atoms with E-state index in [1.807, 2.05) is 0 Å². The number of alkyl halides is 2. The maximum atomic E-state index is 13.8. The van der Waals surface area contributed by atoms with Crippen molar-refractivity contribution in [3.63, 3.8) is 0 Å². The number of hydrogen-bond acceptors (Lipinski definition) is 4. The van der Waals surface area contributed by atoms with Gasteiger partial charge in [-0.15, -0.1) is 0 Å². The molecule has 0 aromatic carbocycles. The number of pyridine rings is 2. The Kier molecular flexibility index (Phi) is 4.10. The van der Waals surface area contributed by atoms with Crippen LogP contribution in [0.1, 0.15) is 42.8 Å². The van der Waals surface area contributed by atoms with E-state index >= 15 is 0 Å². The number of primary amides is 1. The molecule has 140 valence electrons. The summed E-state index contributed by atoms with van der Waals surface area (Å²) in [6, 6.07) is 4.45. The molecule has 4 rings (SSSR count).